The lowest BCUT2D eigenvalue weighted by Gasteiger charge is -2.02. The molecule has 0 aliphatic carbocycles. The minimum Gasteiger partial charge on any atom is -0.122 e. The van der Waals surface area contributed by atoms with Gasteiger partial charge in [0.1, 0.15) is 0 Å². The molecule has 1 rings (SSSR count). The van der Waals surface area contributed by atoms with Gasteiger partial charge in [-0.15, -0.1) is 11.6 Å². The van der Waals surface area contributed by atoms with Crippen molar-refractivity contribution in [2.45, 2.75) is 20.3 Å². The number of rotatable bonds is 3. The third-order valence-electron chi connectivity index (χ3n) is 2.18. The zero-order valence-electron chi connectivity index (χ0n) is 8.48. The summed E-state index contributed by atoms with van der Waals surface area (Å²) in [5.41, 5.74) is 3.75. The van der Waals surface area contributed by atoms with Crippen molar-refractivity contribution in [3.05, 3.63) is 39.4 Å². The summed E-state index contributed by atoms with van der Waals surface area (Å²) in [6.45, 7) is 4.22. The van der Waals surface area contributed by atoms with E-state index >= 15 is 0 Å². The highest BCUT2D eigenvalue weighted by Crippen LogP contribution is 2.19. The summed E-state index contributed by atoms with van der Waals surface area (Å²) in [5.74, 6) is 0.617. The molecule has 0 nitrogen and oxygen atoms in total. The Morgan fingerprint density at radius 1 is 1.50 bits per heavy atom. The van der Waals surface area contributed by atoms with Crippen LogP contribution in [0.2, 0.25) is 0 Å². The molecule has 0 aliphatic heterocycles. The van der Waals surface area contributed by atoms with Gasteiger partial charge in [-0.3, -0.25) is 0 Å². The van der Waals surface area contributed by atoms with Crippen molar-refractivity contribution < 1.29 is 0 Å². The van der Waals surface area contributed by atoms with Crippen LogP contribution >= 0.6 is 27.5 Å². The second kappa shape index (κ2) is 5.57. The second-order valence-corrected chi connectivity index (χ2v) is 4.42. The SMILES string of the molecule is CC/C(=C/c1ccc(Br)c(C)c1)CCl. The predicted molar refractivity (Wildman–Crippen MR) is 67.9 cm³/mol. The van der Waals surface area contributed by atoms with E-state index in [4.69, 9.17) is 11.6 Å². The zero-order chi connectivity index (χ0) is 10.6. The van der Waals surface area contributed by atoms with Crippen LogP contribution in [-0.2, 0) is 0 Å². The van der Waals surface area contributed by atoms with Crippen LogP contribution < -0.4 is 0 Å². The van der Waals surface area contributed by atoms with Gasteiger partial charge in [0.15, 0.2) is 0 Å². The molecule has 0 saturated carbocycles. The predicted octanol–water partition coefficient (Wildman–Crippen LogP) is 4.79. The lowest BCUT2D eigenvalue weighted by atomic mass is 10.1. The van der Waals surface area contributed by atoms with Crippen LogP contribution in [-0.4, -0.2) is 5.88 Å². The van der Waals surface area contributed by atoms with Crippen molar-refractivity contribution >= 4 is 33.6 Å². The summed E-state index contributed by atoms with van der Waals surface area (Å²) in [6.07, 6.45) is 3.17. The number of alkyl halides is 1. The average molecular weight is 274 g/mol. The van der Waals surface area contributed by atoms with E-state index in [1.165, 1.54) is 16.7 Å². The molecular weight excluding hydrogens is 259 g/mol. The Balaban J connectivity index is 2.97. The second-order valence-electron chi connectivity index (χ2n) is 3.30. The maximum Gasteiger partial charge on any atom is 0.0436 e. The normalized spacial score (nSPS) is 11.9. The van der Waals surface area contributed by atoms with Gasteiger partial charge in [-0.05, 0) is 30.5 Å². The summed E-state index contributed by atoms with van der Waals surface area (Å²) in [7, 11) is 0. The van der Waals surface area contributed by atoms with Crippen molar-refractivity contribution in [3.8, 4) is 0 Å². The maximum atomic E-state index is 5.81. The molecule has 1 aromatic rings. The van der Waals surface area contributed by atoms with Gasteiger partial charge in [0.25, 0.3) is 0 Å². The van der Waals surface area contributed by atoms with Crippen LogP contribution in [0.25, 0.3) is 6.08 Å². The molecule has 0 saturated heterocycles. The van der Waals surface area contributed by atoms with Gasteiger partial charge in [0.05, 0.1) is 0 Å². The fourth-order valence-electron chi connectivity index (χ4n) is 1.23. The number of hydrogen-bond donors (Lipinski definition) is 0. The molecule has 0 aliphatic rings. The summed E-state index contributed by atoms with van der Waals surface area (Å²) < 4.78 is 1.15. The topological polar surface area (TPSA) is 0 Å². The molecule has 0 spiro atoms. The van der Waals surface area contributed by atoms with Crippen molar-refractivity contribution in [2.75, 3.05) is 5.88 Å². The highest BCUT2D eigenvalue weighted by Gasteiger charge is 1.96. The molecule has 0 fully saturated rings. The molecule has 2 heteroatoms. The third-order valence-corrected chi connectivity index (χ3v) is 3.41. The van der Waals surface area contributed by atoms with E-state index in [1.807, 2.05) is 0 Å². The van der Waals surface area contributed by atoms with Gasteiger partial charge in [0, 0.05) is 10.4 Å². The van der Waals surface area contributed by atoms with E-state index in [0.29, 0.717) is 5.88 Å². The Morgan fingerprint density at radius 2 is 2.21 bits per heavy atom. The summed E-state index contributed by atoms with van der Waals surface area (Å²) in [5, 5.41) is 0. The highest BCUT2D eigenvalue weighted by atomic mass is 79.9. The van der Waals surface area contributed by atoms with Crippen molar-refractivity contribution in [1.29, 1.82) is 0 Å². The molecule has 0 aromatic heterocycles. The summed E-state index contributed by atoms with van der Waals surface area (Å²) in [4.78, 5) is 0. The van der Waals surface area contributed by atoms with Gasteiger partial charge in [-0.2, -0.15) is 0 Å². The fraction of sp³-hybridized carbons (Fsp3) is 0.333. The number of allylic oxidation sites excluding steroid dienone is 1. The van der Waals surface area contributed by atoms with Gasteiger partial charge in [0.2, 0.25) is 0 Å². The third kappa shape index (κ3) is 3.14. The minimum atomic E-state index is 0.617. The number of benzene rings is 1. The molecule has 0 radical (unpaired) electrons. The molecule has 0 heterocycles. The van der Waals surface area contributed by atoms with Crippen LogP contribution in [0.5, 0.6) is 0 Å². The molecule has 0 N–H and O–H groups in total. The highest BCUT2D eigenvalue weighted by molar-refractivity contribution is 9.10. The van der Waals surface area contributed by atoms with Crippen LogP contribution in [0.4, 0.5) is 0 Å². The molecule has 0 atom stereocenters. The van der Waals surface area contributed by atoms with E-state index in [-0.39, 0.29) is 0 Å². The minimum absolute atomic E-state index is 0.617. The first-order chi connectivity index (χ1) is 6.67. The van der Waals surface area contributed by atoms with Crippen molar-refractivity contribution in [3.63, 3.8) is 0 Å². The van der Waals surface area contributed by atoms with E-state index in [0.717, 1.165) is 10.9 Å². The molecule has 1 aromatic carbocycles. The quantitative estimate of drug-likeness (QED) is 0.695. The van der Waals surface area contributed by atoms with E-state index in [2.05, 4.69) is 54.1 Å². The fourth-order valence-corrected chi connectivity index (χ4v) is 1.74. The first kappa shape index (κ1) is 11.8. The Morgan fingerprint density at radius 3 is 2.71 bits per heavy atom. The Kier molecular flexibility index (Phi) is 4.70. The summed E-state index contributed by atoms with van der Waals surface area (Å²) >= 11 is 9.29. The molecule has 14 heavy (non-hydrogen) atoms. The van der Waals surface area contributed by atoms with Crippen LogP contribution in [0.1, 0.15) is 24.5 Å². The maximum absolute atomic E-state index is 5.81. The standard InChI is InChI=1S/C12H14BrCl/c1-3-10(8-14)7-11-4-5-12(13)9(2)6-11/h4-7H,3,8H2,1-2H3/b10-7-. The Labute approximate surface area is 99.1 Å². The zero-order valence-corrected chi connectivity index (χ0v) is 10.8. The average Bonchev–Trinajstić information content (AvgIpc) is 2.19. The van der Waals surface area contributed by atoms with Crippen LogP contribution in [0.3, 0.4) is 0 Å². The van der Waals surface area contributed by atoms with Crippen LogP contribution in [0.15, 0.2) is 28.2 Å². The first-order valence-electron chi connectivity index (χ1n) is 4.69. The van der Waals surface area contributed by atoms with Crippen molar-refractivity contribution in [2.24, 2.45) is 0 Å². The Hall–Kier alpha value is -0.270. The van der Waals surface area contributed by atoms with E-state index < -0.39 is 0 Å². The van der Waals surface area contributed by atoms with E-state index in [1.54, 1.807) is 0 Å². The number of hydrogen-bond acceptors (Lipinski definition) is 0. The molecule has 76 valence electrons. The van der Waals surface area contributed by atoms with Gasteiger partial charge >= 0.3 is 0 Å². The monoisotopic (exact) mass is 272 g/mol. The van der Waals surface area contributed by atoms with Gasteiger partial charge in [-0.1, -0.05) is 46.6 Å². The number of aryl methyl sites for hydroxylation is 1. The molecular formula is C12H14BrCl. The van der Waals surface area contributed by atoms with Gasteiger partial charge in [-0.25, -0.2) is 0 Å². The Bertz CT molecular complexity index is 336. The lowest BCUT2D eigenvalue weighted by Crippen LogP contribution is -1.84. The molecule has 0 bridgehead atoms. The largest absolute Gasteiger partial charge is 0.122 e. The van der Waals surface area contributed by atoms with Crippen molar-refractivity contribution in [1.82, 2.24) is 0 Å². The first-order valence-corrected chi connectivity index (χ1v) is 6.01. The van der Waals surface area contributed by atoms with E-state index in [9.17, 15) is 0 Å². The smallest absolute Gasteiger partial charge is 0.0436 e. The lowest BCUT2D eigenvalue weighted by molar-refractivity contribution is 1.12. The van der Waals surface area contributed by atoms with Gasteiger partial charge < -0.3 is 0 Å². The molecule has 0 amide bonds. The van der Waals surface area contributed by atoms with Crippen LogP contribution in [0, 0.1) is 6.92 Å². The number of halogens is 2. The summed E-state index contributed by atoms with van der Waals surface area (Å²) in [6, 6.07) is 6.33. The molecule has 0 unspecified atom stereocenters.